The second-order valence-corrected chi connectivity index (χ2v) is 37.1. The van der Waals surface area contributed by atoms with E-state index in [1.165, 1.54) is 0 Å². The van der Waals surface area contributed by atoms with Crippen molar-refractivity contribution in [1.29, 1.82) is 0 Å². The summed E-state index contributed by atoms with van der Waals surface area (Å²) in [4.78, 5) is 0. The van der Waals surface area contributed by atoms with Crippen molar-refractivity contribution in [2.45, 2.75) is 219 Å². The lowest BCUT2D eigenvalue weighted by molar-refractivity contribution is -0.246. The topological polar surface area (TPSA) is 66.4 Å². The van der Waals surface area contributed by atoms with Gasteiger partial charge in [0.1, 0.15) is 0 Å². The number of fused-ring (bicyclic) bond motifs is 8. The van der Waals surface area contributed by atoms with E-state index in [0.29, 0.717) is 5.92 Å². The maximum Gasteiger partial charge on any atom is 0.192 e. The van der Waals surface area contributed by atoms with Crippen molar-refractivity contribution in [2.24, 2.45) is 34.5 Å². The molecule has 12 atom stereocenters. The molecule has 0 bridgehead atoms. The van der Waals surface area contributed by atoms with Gasteiger partial charge in [-0.1, -0.05) is 76.2 Å². The van der Waals surface area contributed by atoms with Gasteiger partial charge in [0, 0.05) is 5.92 Å². The highest BCUT2D eigenvalue weighted by Crippen LogP contribution is 2.70. The third kappa shape index (κ3) is 6.74. The Labute approximate surface area is 305 Å². The van der Waals surface area contributed by atoms with Crippen LogP contribution in [0.25, 0.3) is 0 Å². The van der Waals surface area contributed by atoms with Crippen molar-refractivity contribution in [1.82, 2.24) is 0 Å². The molecule has 4 aliphatic carbocycles. The normalized spacial score (nSPS) is 43.1. The largest absolute Gasteiger partial charge is 0.413 e. The molecular formula is C40H78O6Si3. The fourth-order valence-corrected chi connectivity index (χ4v) is 14.5. The van der Waals surface area contributed by atoms with Crippen molar-refractivity contribution in [3.63, 3.8) is 0 Å². The highest BCUT2D eigenvalue weighted by molar-refractivity contribution is 6.75. The molecule has 6 nitrogen and oxygen atoms in total. The van der Waals surface area contributed by atoms with Crippen molar-refractivity contribution < 1.29 is 27.9 Å². The van der Waals surface area contributed by atoms with Crippen LogP contribution in [-0.4, -0.2) is 72.5 Å². The van der Waals surface area contributed by atoms with Gasteiger partial charge in [0.25, 0.3) is 0 Å². The summed E-state index contributed by atoms with van der Waals surface area (Å²) in [7, 11) is -6.33. The standard InChI is InChI=1S/C40H78O6Si3/c1-35(2,3)47(14,15)44-27-22-23-39(12)30-26(41)24-40(13)25(20-21-28(40)45-48(16,17)36(4,5)6)29(30)33-34(43-38(10,11)42-33)31(39)32(27)46-49(18,19)37(7,8)9/h25-34,41H,20-24H2,1-19H3/t25?,26?,27?,28?,29?,30?,31?,32?,33?,34?,39-,40+/m1/s1. The van der Waals surface area contributed by atoms with Crippen LogP contribution in [0.1, 0.15) is 122 Å². The quantitative estimate of drug-likeness (QED) is 0.274. The second kappa shape index (κ2) is 12.2. The minimum atomic E-state index is -2.22. The SMILES string of the molecule is CC1(C)OC2C(O1)C1C(O[Si](C)(C)C(C)(C)C)C(O[Si](C)(C)C(C)(C)C)CC[C@]1(C)C1C(O)C[C@]3(C)C(O[Si](C)(C)C(C)(C)C)CCC3C21. The van der Waals surface area contributed by atoms with E-state index in [0.717, 1.165) is 32.1 Å². The Morgan fingerprint density at radius 1 is 0.612 bits per heavy atom. The molecule has 5 rings (SSSR count). The maximum absolute atomic E-state index is 12.7. The molecule has 0 aromatic heterocycles. The summed E-state index contributed by atoms with van der Waals surface area (Å²) in [5.74, 6) is 0.104. The summed E-state index contributed by atoms with van der Waals surface area (Å²) in [6, 6.07) is 0. The molecule has 9 heteroatoms. The Kier molecular flexibility index (Phi) is 10.1. The van der Waals surface area contributed by atoms with Crippen LogP contribution in [0.5, 0.6) is 0 Å². The van der Waals surface area contributed by atoms with Crippen LogP contribution in [0.15, 0.2) is 0 Å². The number of hydrogen-bond acceptors (Lipinski definition) is 6. The number of aliphatic hydroxyl groups excluding tert-OH is 1. The summed E-state index contributed by atoms with van der Waals surface area (Å²) in [5.41, 5.74) is -0.269. The van der Waals surface area contributed by atoms with Crippen LogP contribution in [0.4, 0.5) is 0 Å². The van der Waals surface area contributed by atoms with E-state index in [4.69, 9.17) is 22.8 Å². The van der Waals surface area contributed by atoms with Crippen LogP contribution in [0.2, 0.25) is 54.4 Å². The molecular weight excluding hydrogens is 661 g/mol. The predicted molar refractivity (Wildman–Crippen MR) is 209 cm³/mol. The van der Waals surface area contributed by atoms with Crippen LogP contribution in [0, 0.1) is 34.5 Å². The summed E-state index contributed by atoms with van der Waals surface area (Å²) in [6.07, 6.45) is 4.35. The molecule has 1 aliphatic heterocycles. The van der Waals surface area contributed by atoms with Gasteiger partial charge >= 0.3 is 0 Å². The zero-order chi connectivity index (χ0) is 37.3. The van der Waals surface area contributed by atoms with Crippen LogP contribution in [0.3, 0.4) is 0 Å². The average molecular weight is 739 g/mol. The minimum absolute atomic E-state index is 0.00236. The van der Waals surface area contributed by atoms with Crippen molar-refractivity contribution >= 4 is 25.0 Å². The van der Waals surface area contributed by atoms with Crippen LogP contribution in [-0.2, 0) is 22.8 Å². The first-order chi connectivity index (χ1) is 21.8. The third-order valence-corrected chi connectivity index (χ3v) is 29.6. The molecule has 1 heterocycles. The lowest BCUT2D eigenvalue weighted by atomic mass is 9.42. The van der Waals surface area contributed by atoms with E-state index in [1.54, 1.807) is 0 Å². The molecule has 5 fully saturated rings. The Hall–Kier alpha value is 0.411. The fraction of sp³-hybridized carbons (Fsp3) is 1.00. The first-order valence-corrected chi connectivity index (χ1v) is 28.6. The molecule has 0 aromatic carbocycles. The van der Waals surface area contributed by atoms with Gasteiger partial charge in [0.2, 0.25) is 0 Å². The summed E-state index contributed by atoms with van der Waals surface area (Å²) < 4.78 is 36.6. The zero-order valence-electron chi connectivity index (χ0n) is 35.3. The Morgan fingerprint density at radius 3 is 1.63 bits per heavy atom. The average Bonchev–Trinajstić information content (AvgIpc) is 3.37. The molecule has 0 spiro atoms. The monoisotopic (exact) mass is 739 g/mol. The first-order valence-electron chi connectivity index (χ1n) is 19.9. The molecule has 5 aliphatic rings. The van der Waals surface area contributed by atoms with E-state index in [1.807, 2.05) is 0 Å². The van der Waals surface area contributed by atoms with Crippen molar-refractivity contribution in [3.05, 3.63) is 0 Å². The Balaban J connectivity index is 1.60. The van der Waals surface area contributed by atoms with Crippen LogP contribution < -0.4 is 0 Å². The molecule has 0 radical (unpaired) electrons. The molecule has 4 saturated carbocycles. The summed E-state index contributed by atoms with van der Waals surface area (Å²) in [5, 5.41) is 13.0. The smallest absolute Gasteiger partial charge is 0.192 e. The van der Waals surface area contributed by atoms with Gasteiger partial charge in [-0.3, -0.25) is 0 Å². The molecule has 0 amide bonds. The van der Waals surface area contributed by atoms with Gasteiger partial charge in [0.05, 0.1) is 36.6 Å². The number of hydrogen-bond donors (Lipinski definition) is 1. The van der Waals surface area contributed by atoms with Gasteiger partial charge < -0.3 is 27.9 Å². The van der Waals surface area contributed by atoms with Crippen molar-refractivity contribution in [2.75, 3.05) is 0 Å². The summed E-state index contributed by atoms with van der Waals surface area (Å²) >= 11 is 0. The van der Waals surface area contributed by atoms with E-state index >= 15 is 0 Å². The van der Waals surface area contributed by atoms with Gasteiger partial charge in [-0.25, -0.2) is 0 Å². The number of rotatable bonds is 6. The highest BCUT2D eigenvalue weighted by Gasteiger charge is 2.73. The summed E-state index contributed by atoms with van der Waals surface area (Å²) in [6.45, 7) is 44.5. The molecule has 10 unspecified atom stereocenters. The Bertz CT molecular complexity index is 1230. The van der Waals surface area contributed by atoms with Crippen molar-refractivity contribution in [3.8, 4) is 0 Å². The van der Waals surface area contributed by atoms with E-state index in [-0.39, 0.29) is 74.2 Å². The molecule has 1 N–H and O–H groups in total. The number of ether oxygens (including phenoxy) is 2. The molecule has 1 saturated heterocycles. The van der Waals surface area contributed by atoms with E-state index in [9.17, 15) is 5.11 Å². The van der Waals surface area contributed by atoms with Gasteiger partial charge in [-0.05, 0) is 129 Å². The molecule has 286 valence electrons. The first kappa shape index (κ1) is 40.6. The second-order valence-electron chi connectivity index (χ2n) is 22.8. The zero-order valence-corrected chi connectivity index (χ0v) is 38.3. The molecule has 0 aromatic rings. The molecule has 49 heavy (non-hydrogen) atoms. The lowest BCUT2D eigenvalue weighted by Crippen LogP contribution is -2.71. The predicted octanol–water partition coefficient (Wildman–Crippen LogP) is 10.5. The fourth-order valence-electron chi connectivity index (χ4n) is 10.3. The van der Waals surface area contributed by atoms with Gasteiger partial charge in [-0.15, -0.1) is 0 Å². The Morgan fingerprint density at radius 2 is 1.10 bits per heavy atom. The van der Waals surface area contributed by atoms with Gasteiger partial charge in [0.15, 0.2) is 30.7 Å². The van der Waals surface area contributed by atoms with E-state index in [2.05, 4.69) is 129 Å². The van der Waals surface area contributed by atoms with E-state index < -0.39 is 36.8 Å². The lowest BCUT2D eigenvalue weighted by Gasteiger charge is -2.66. The van der Waals surface area contributed by atoms with Crippen LogP contribution >= 0.6 is 0 Å². The highest BCUT2D eigenvalue weighted by atomic mass is 28.4. The third-order valence-electron chi connectivity index (χ3n) is 16.1. The van der Waals surface area contributed by atoms with Gasteiger partial charge in [-0.2, -0.15) is 0 Å². The minimum Gasteiger partial charge on any atom is -0.413 e. The maximum atomic E-state index is 12.7. The number of aliphatic hydroxyl groups is 1.